The first-order valence-corrected chi connectivity index (χ1v) is 20.1. The Kier molecular flexibility index (Phi) is 1.73. The number of nitrogens with one attached hydrogen (secondary N) is 2. The van der Waals surface area contributed by atoms with Crippen molar-refractivity contribution in [2.24, 2.45) is 0 Å². The van der Waals surface area contributed by atoms with Gasteiger partial charge in [-0.25, -0.2) is 0 Å². The molecule has 10 aliphatic rings. The van der Waals surface area contributed by atoms with Crippen LogP contribution < -0.4 is 10.6 Å². The number of alkyl halides is 6. The van der Waals surface area contributed by atoms with E-state index in [1.807, 2.05) is 0 Å². The summed E-state index contributed by atoms with van der Waals surface area (Å²) in [7, 11) is 0. The fraction of sp³-hybridized carbons (Fsp3) is 0.607. The zero-order chi connectivity index (χ0) is 26.7. The molecule has 11 heterocycles. The van der Waals surface area contributed by atoms with E-state index in [9.17, 15) is 31.4 Å². The molecule has 10 saturated heterocycles. The van der Waals surface area contributed by atoms with E-state index in [1.54, 1.807) is 0 Å². The molecule has 0 saturated carbocycles. The number of benzene rings is 1. The molecule has 1 aromatic heterocycles. The Labute approximate surface area is 210 Å². The van der Waals surface area contributed by atoms with Gasteiger partial charge in [0, 0.05) is 5.56 Å². The Morgan fingerprint density at radius 1 is 0.795 bits per heavy atom. The summed E-state index contributed by atoms with van der Waals surface area (Å²) in [5.74, 6) is 0. The Morgan fingerprint density at radius 2 is 1.38 bits per heavy atom. The monoisotopic (exact) mass is 591 g/mol. The molecule has 210 valence electrons. The molecule has 10 fully saturated rings. The summed E-state index contributed by atoms with van der Waals surface area (Å²) in [6, 6.07) is 6.27. The number of fused-ring (bicyclic) bond motifs is 10. The summed E-state index contributed by atoms with van der Waals surface area (Å²) >= 11 is 0. The maximum atomic E-state index is 13.8. The van der Waals surface area contributed by atoms with E-state index >= 15 is 0 Å². The molecule has 11 heteroatoms. The van der Waals surface area contributed by atoms with Crippen LogP contribution in [0.5, 0.6) is 0 Å². The molecular weight excluding hydrogens is 564 g/mol. The zero-order valence-electron chi connectivity index (χ0n) is 20.6. The topological polar surface area (TPSA) is 57.2 Å². The van der Waals surface area contributed by atoms with Crippen LogP contribution in [0.2, 0.25) is 47.7 Å². The van der Waals surface area contributed by atoms with Gasteiger partial charge in [0.1, 0.15) is 0 Å². The Hall–Kier alpha value is -1.65. The molecule has 0 amide bonds. The van der Waals surface area contributed by atoms with Crippen LogP contribution in [-0.2, 0) is 18.9 Å². The first-order valence-electron chi connectivity index (χ1n) is 13.8. The van der Waals surface area contributed by atoms with Gasteiger partial charge in [0.05, 0.1) is 5.56 Å². The van der Waals surface area contributed by atoms with Gasteiger partial charge in [0.15, 0.2) is 0 Å². The number of aliphatic hydroxyl groups excluding tert-OH is 1. The molecule has 4 nitrogen and oxygen atoms in total. The summed E-state index contributed by atoms with van der Waals surface area (Å²) in [6.07, 6.45) is -10.8. The molecule has 39 heavy (non-hydrogen) atoms. The van der Waals surface area contributed by atoms with Crippen molar-refractivity contribution in [3.05, 3.63) is 53.2 Å². The van der Waals surface area contributed by atoms with Crippen molar-refractivity contribution in [2.75, 3.05) is 26.2 Å². The van der Waals surface area contributed by atoms with Crippen LogP contribution in [0.25, 0.3) is 11.3 Å². The van der Waals surface area contributed by atoms with E-state index < -0.39 is 36.2 Å². The molecule has 10 aliphatic heterocycles. The molecule has 1 spiro atoms. The van der Waals surface area contributed by atoms with Gasteiger partial charge in [-0.15, -0.1) is 0 Å². The number of pyridine rings is 1. The van der Waals surface area contributed by atoms with Crippen LogP contribution in [0.3, 0.4) is 0 Å². The molecule has 12 rings (SSSR count). The van der Waals surface area contributed by atoms with Gasteiger partial charge >= 0.3 is 162 Å². The fourth-order valence-corrected chi connectivity index (χ4v) is 94.7. The Bertz CT molecular complexity index is 1840. The van der Waals surface area contributed by atoms with Crippen molar-refractivity contribution in [1.82, 2.24) is 15.6 Å². The summed E-state index contributed by atoms with van der Waals surface area (Å²) < 4.78 is 80.8. The quantitative estimate of drug-likeness (QED) is 0.172. The third-order valence-electron chi connectivity index (χ3n) is 19.3. The third-order valence-corrected chi connectivity index (χ3v) is 62.2. The van der Waals surface area contributed by atoms with Crippen LogP contribution in [0, 0.1) is 0 Å². The van der Waals surface area contributed by atoms with Gasteiger partial charge in [-0.2, -0.15) is 13.2 Å². The van der Waals surface area contributed by atoms with E-state index in [0.29, 0.717) is 6.54 Å². The third kappa shape index (κ3) is 0.614. The maximum absolute atomic E-state index is 13.8. The van der Waals surface area contributed by atoms with Crippen LogP contribution in [0.1, 0.15) is 22.9 Å². The summed E-state index contributed by atoms with van der Waals surface area (Å²) in [4.78, 5) is 15.2. The summed E-state index contributed by atoms with van der Waals surface area (Å²) in [5.41, 5.74) is -2.45. The number of halogens is 6. The van der Waals surface area contributed by atoms with Crippen LogP contribution >= 0.6 is 0 Å². The first-order chi connectivity index (χ1) is 18.2. The number of hydrogen-bond acceptors (Lipinski definition) is 4. The number of aliphatic hydroxyl groups is 1. The van der Waals surface area contributed by atoms with Crippen molar-refractivity contribution in [3.63, 3.8) is 0 Å². The normalized spacial score (nSPS) is 60.3. The molecule has 0 bridgehead atoms. The molecule has 4 unspecified atom stereocenters. The second-order valence-corrected chi connectivity index (χ2v) is 39.6. The van der Waals surface area contributed by atoms with E-state index in [1.165, 1.54) is 56.0 Å². The zero-order valence-corrected chi connectivity index (χ0v) is 21.7. The fourth-order valence-electron chi connectivity index (χ4n) is 19.9. The second kappa shape index (κ2) is 3.19. The molecule has 5 atom stereocenters. The summed E-state index contributed by atoms with van der Waals surface area (Å²) in [6.45, 7) is -0.649. The Morgan fingerprint density at radius 3 is 1.87 bits per heavy atom. The van der Waals surface area contributed by atoms with Gasteiger partial charge in [-0.3, -0.25) is 0 Å². The number of aromatic nitrogens is 1. The molecule has 2 aromatic rings. The van der Waals surface area contributed by atoms with Crippen LogP contribution in [0.15, 0.2) is 36.4 Å². The van der Waals surface area contributed by atoms with Crippen molar-refractivity contribution >= 4 is 0 Å². The predicted octanol–water partition coefficient (Wildman–Crippen LogP) is 6.76. The number of hydrogen-bond donors (Lipinski definition) is 3. The van der Waals surface area contributed by atoms with E-state index in [-0.39, 0.29) is 23.4 Å². The second-order valence-electron chi connectivity index (χ2n) is 15.9. The molecule has 0 radical (unpaired) electrons. The van der Waals surface area contributed by atoms with Gasteiger partial charge in [-0.05, 0) is 12.1 Å². The van der Waals surface area contributed by atoms with Gasteiger partial charge in [0.25, 0.3) is 0 Å². The SMILES string of the molecule is O[C@@H](CNCCNC[C]12[CH]3[CH]4[CH]5[CH]1[Fe]45321678[CH]2[CH]1[CH]6[CH]7[CH]28)c1ccc(-c2ccc(C(F)(F)F)cc2)nc1C(F)(F)F. The molecular formula is C28H27F6FeN3O. The molecule has 1 aromatic carbocycles. The van der Waals surface area contributed by atoms with Gasteiger partial charge < -0.3 is 0 Å². The van der Waals surface area contributed by atoms with Crippen molar-refractivity contribution in [3.8, 4) is 11.3 Å². The predicted molar refractivity (Wildman–Crippen MR) is 127 cm³/mol. The number of nitrogens with zero attached hydrogens (tertiary/aromatic N) is 1. The van der Waals surface area contributed by atoms with E-state index in [4.69, 9.17) is 0 Å². The van der Waals surface area contributed by atoms with Gasteiger partial charge in [0.2, 0.25) is 0 Å². The van der Waals surface area contributed by atoms with Crippen molar-refractivity contribution in [1.29, 1.82) is 0 Å². The minimum absolute atomic E-state index is 0.0477. The molecule has 0 aliphatic carbocycles. The molecule has 3 N–H and O–H groups in total. The number of rotatable bonds is 9. The Balaban J connectivity index is 0.717. The summed E-state index contributed by atoms with van der Waals surface area (Å²) in [5, 5.41) is 17.4. The average Bonchev–Trinajstić information content (AvgIpc) is 3.83. The van der Waals surface area contributed by atoms with Crippen LogP contribution in [-0.4, -0.2) is 36.3 Å². The first kappa shape index (κ1) is 21.1. The van der Waals surface area contributed by atoms with E-state index in [2.05, 4.69) is 15.6 Å². The van der Waals surface area contributed by atoms with E-state index in [0.717, 1.165) is 41.2 Å². The van der Waals surface area contributed by atoms with Crippen LogP contribution in [0.4, 0.5) is 26.3 Å². The van der Waals surface area contributed by atoms with Crippen molar-refractivity contribution < 1.29 is 38.0 Å². The minimum atomic E-state index is -4.82. The average molecular weight is 591 g/mol. The van der Waals surface area contributed by atoms with Crippen molar-refractivity contribution in [2.45, 2.75) is 66.1 Å². The standard InChI is InChI=1S/C23H22F6N3O.C5H5.Fe/c24-22(25,26)17-7-5-16(6-8-17)19-10-9-18(21(32-19)23(27,28)29)20(33)14-31-12-11-30-13-15-3-1-2-4-15;1-2-4-5-3-1;/h1-10,20,30-31,33H,11-14H2;1-5H;/t20-;;/m0../s1. The van der Waals surface area contributed by atoms with Gasteiger partial charge in [-0.1, -0.05) is 12.1 Å².